The van der Waals surface area contributed by atoms with E-state index in [-0.39, 0.29) is 41.7 Å². The Morgan fingerprint density at radius 2 is 2.04 bits per heavy atom. The summed E-state index contributed by atoms with van der Waals surface area (Å²) in [5.74, 6) is 1.67. The highest BCUT2D eigenvalue weighted by atomic mass is 127. The van der Waals surface area contributed by atoms with Gasteiger partial charge in [-0.15, -0.1) is 24.0 Å². The van der Waals surface area contributed by atoms with E-state index < -0.39 is 0 Å². The van der Waals surface area contributed by atoms with E-state index in [1.807, 2.05) is 4.68 Å². The summed E-state index contributed by atoms with van der Waals surface area (Å²) in [6.45, 7) is 1.76. The number of rotatable bonds is 5. The van der Waals surface area contributed by atoms with Gasteiger partial charge in [0.2, 0.25) is 0 Å². The van der Waals surface area contributed by atoms with Crippen molar-refractivity contribution in [2.45, 2.75) is 25.4 Å². The van der Waals surface area contributed by atoms with E-state index in [1.165, 1.54) is 12.1 Å². The molecule has 0 aliphatic carbocycles. The number of halogens is 1. The SMILES string of the molecule is CN=C(NCCNC(=O)c1ccc(O)cc1)NC1CCc2ncnn2C1.I. The quantitative estimate of drug-likeness (QED) is 0.212. The predicted octanol–water partition coefficient (Wildman–Crippen LogP) is 0.511. The Morgan fingerprint density at radius 3 is 2.78 bits per heavy atom. The average Bonchev–Trinajstić information content (AvgIpc) is 3.12. The first-order chi connectivity index (χ1) is 12.7. The second kappa shape index (κ2) is 10.1. The van der Waals surface area contributed by atoms with Crippen molar-refractivity contribution >= 4 is 35.8 Å². The van der Waals surface area contributed by atoms with Gasteiger partial charge in [-0.25, -0.2) is 9.67 Å². The van der Waals surface area contributed by atoms with Crippen molar-refractivity contribution in [2.24, 2.45) is 4.99 Å². The number of aromatic nitrogens is 3. The van der Waals surface area contributed by atoms with Crippen molar-refractivity contribution in [2.75, 3.05) is 20.1 Å². The first kappa shape index (κ1) is 20.9. The molecule has 1 aromatic carbocycles. The number of fused-ring (bicyclic) bond motifs is 1. The minimum Gasteiger partial charge on any atom is -0.508 e. The van der Waals surface area contributed by atoms with Gasteiger partial charge in [-0.3, -0.25) is 9.79 Å². The third-order valence-corrected chi connectivity index (χ3v) is 4.20. The van der Waals surface area contributed by atoms with Crippen LogP contribution in [0.15, 0.2) is 35.6 Å². The number of nitrogens with one attached hydrogen (secondary N) is 3. The molecule has 3 rings (SSSR count). The van der Waals surface area contributed by atoms with Gasteiger partial charge in [0.25, 0.3) is 5.91 Å². The van der Waals surface area contributed by atoms with E-state index >= 15 is 0 Å². The Kier molecular flexibility index (Phi) is 7.82. The van der Waals surface area contributed by atoms with Crippen LogP contribution in [0.2, 0.25) is 0 Å². The summed E-state index contributed by atoms with van der Waals surface area (Å²) in [6.07, 6.45) is 3.44. The van der Waals surface area contributed by atoms with Gasteiger partial charge >= 0.3 is 0 Å². The van der Waals surface area contributed by atoms with E-state index in [4.69, 9.17) is 0 Å². The van der Waals surface area contributed by atoms with E-state index in [1.54, 1.807) is 25.5 Å². The molecule has 1 atom stereocenters. The third kappa shape index (κ3) is 5.81. The predicted molar refractivity (Wildman–Crippen MR) is 112 cm³/mol. The lowest BCUT2D eigenvalue weighted by molar-refractivity contribution is 0.0954. The molecule has 1 aromatic heterocycles. The number of phenolic OH excluding ortho intramolecular Hbond substituents is 1. The van der Waals surface area contributed by atoms with E-state index in [0.717, 1.165) is 25.2 Å². The van der Waals surface area contributed by atoms with Crippen LogP contribution < -0.4 is 16.0 Å². The van der Waals surface area contributed by atoms with Crippen LogP contribution >= 0.6 is 24.0 Å². The second-order valence-corrected chi connectivity index (χ2v) is 6.04. The van der Waals surface area contributed by atoms with Crippen LogP contribution in [0.25, 0.3) is 0 Å². The molecule has 146 valence electrons. The summed E-state index contributed by atoms with van der Waals surface area (Å²) in [5, 5.41) is 22.8. The normalized spacial score (nSPS) is 16.0. The highest BCUT2D eigenvalue weighted by Gasteiger charge is 2.20. The maximum atomic E-state index is 12.0. The standard InChI is InChI=1S/C17H23N7O2.HI/c1-18-17(23-13-4-7-15-21-11-22-24(15)10-13)20-9-8-19-16(26)12-2-5-14(25)6-3-12;/h2-3,5-6,11,13,25H,4,7-10H2,1H3,(H,19,26)(H2,18,20,23);1H. The molecule has 9 nitrogen and oxygen atoms in total. The van der Waals surface area contributed by atoms with Gasteiger partial charge in [-0.05, 0) is 30.7 Å². The Bertz CT molecular complexity index is 776. The summed E-state index contributed by atoms with van der Waals surface area (Å²) in [5.41, 5.74) is 0.510. The highest BCUT2D eigenvalue weighted by Crippen LogP contribution is 2.11. The second-order valence-electron chi connectivity index (χ2n) is 6.04. The first-order valence-electron chi connectivity index (χ1n) is 8.57. The smallest absolute Gasteiger partial charge is 0.251 e. The molecule has 1 amide bonds. The van der Waals surface area contributed by atoms with Crippen molar-refractivity contribution in [3.63, 3.8) is 0 Å². The molecule has 2 aromatic rings. The van der Waals surface area contributed by atoms with Crippen LogP contribution in [0, 0.1) is 0 Å². The number of carbonyl (C=O) groups excluding carboxylic acids is 1. The van der Waals surface area contributed by atoms with Crippen LogP contribution in [0.1, 0.15) is 22.6 Å². The zero-order valence-corrected chi connectivity index (χ0v) is 17.4. The molecule has 0 spiro atoms. The number of phenols is 1. The number of hydrogen-bond donors (Lipinski definition) is 4. The number of aliphatic imine (C=N–C) groups is 1. The molecule has 1 aliphatic rings. The fourth-order valence-electron chi connectivity index (χ4n) is 2.82. The fourth-order valence-corrected chi connectivity index (χ4v) is 2.82. The third-order valence-electron chi connectivity index (χ3n) is 4.20. The molecule has 0 bridgehead atoms. The Morgan fingerprint density at radius 1 is 1.30 bits per heavy atom. The summed E-state index contributed by atoms with van der Waals surface area (Å²) in [4.78, 5) is 20.4. The molecule has 0 radical (unpaired) electrons. The van der Waals surface area contributed by atoms with E-state index in [9.17, 15) is 9.90 Å². The lowest BCUT2D eigenvalue weighted by Crippen LogP contribution is -2.48. The van der Waals surface area contributed by atoms with Crippen LogP contribution in [0.4, 0.5) is 0 Å². The molecule has 1 aliphatic heterocycles. The molecule has 0 saturated heterocycles. The molecule has 0 fully saturated rings. The number of aromatic hydroxyl groups is 1. The van der Waals surface area contributed by atoms with Crippen molar-refractivity contribution in [3.8, 4) is 5.75 Å². The average molecular weight is 485 g/mol. The topological polar surface area (TPSA) is 116 Å². The van der Waals surface area contributed by atoms with Crippen molar-refractivity contribution in [3.05, 3.63) is 42.0 Å². The molecular weight excluding hydrogens is 461 g/mol. The summed E-state index contributed by atoms with van der Waals surface area (Å²) >= 11 is 0. The summed E-state index contributed by atoms with van der Waals surface area (Å²) in [6, 6.07) is 6.38. The number of carbonyl (C=O) groups is 1. The van der Waals surface area contributed by atoms with Gasteiger partial charge in [0.15, 0.2) is 5.96 Å². The van der Waals surface area contributed by atoms with Crippen molar-refractivity contribution in [1.29, 1.82) is 0 Å². The number of amides is 1. The van der Waals surface area contributed by atoms with E-state index in [0.29, 0.717) is 24.6 Å². The van der Waals surface area contributed by atoms with Gasteiger partial charge in [-0.2, -0.15) is 5.10 Å². The first-order valence-corrected chi connectivity index (χ1v) is 8.57. The monoisotopic (exact) mass is 485 g/mol. The van der Waals surface area contributed by atoms with Gasteiger partial charge in [0.1, 0.15) is 17.9 Å². The van der Waals surface area contributed by atoms with Gasteiger partial charge < -0.3 is 21.1 Å². The fraction of sp³-hybridized carbons (Fsp3) is 0.412. The molecule has 0 saturated carbocycles. The zero-order chi connectivity index (χ0) is 18.4. The Labute approximate surface area is 174 Å². The van der Waals surface area contributed by atoms with Crippen molar-refractivity contribution in [1.82, 2.24) is 30.7 Å². The molecule has 27 heavy (non-hydrogen) atoms. The van der Waals surface area contributed by atoms with Crippen LogP contribution in [0.5, 0.6) is 5.75 Å². The number of benzene rings is 1. The summed E-state index contributed by atoms with van der Waals surface area (Å²) in [7, 11) is 1.72. The molecular formula is C17H24IN7O2. The molecule has 1 unspecified atom stereocenters. The van der Waals surface area contributed by atoms with Gasteiger partial charge in [-0.1, -0.05) is 0 Å². The molecule has 10 heteroatoms. The van der Waals surface area contributed by atoms with E-state index in [2.05, 4.69) is 31.0 Å². The number of aryl methyl sites for hydroxylation is 1. The number of guanidine groups is 1. The Hall–Kier alpha value is -2.37. The largest absolute Gasteiger partial charge is 0.508 e. The van der Waals surface area contributed by atoms with Crippen molar-refractivity contribution < 1.29 is 9.90 Å². The van der Waals surface area contributed by atoms with Crippen LogP contribution in [0.3, 0.4) is 0 Å². The maximum absolute atomic E-state index is 12.0. The highest BCUT2D eigenvalue weighted by molar-refractivity contribution is 14.0. The van der Waals surface area contributed by atoms with Crippen LogP contribution in [-0.2, 0) is 13.0 Å². The molecule has 2 heterocycles. The molecule has 4 N–H and O–H groups in total. The number of hydrogen-bond acceptors (Lipinski definition) is 5. The van der Waals surface area contributed by atoms with Gasteiger partial charge in [0, 0.05) is 38.2 Å². The maximum Gasteiger partial charge on any atom is 0.251 e. The Balaban J connectivity index is 0.00000261. The lowest BCUT2D eigenvalue weighted by Gasteiger charge is -2.25. The number of nitrogens with zero attached hydrogens (tertiary/aromatic N) is 4. The minimum atomic E-state index is -0.180. The minimum absolute atomic E-state index is 0. The van der Waals surface area contributed by atoms with Crippen LogP contribution in [-0.4, -0.2) is 57.9 Å². The summed E-state index contributed by atoms with van der Waals surface area (Å²) < 4.78 is 1.91. The van der Waals surface area contributed by atoms with Gasteiger partial charge in [0.05, 0.1) is 6.54 Å². The lowest BCUT2D eigenvalue weighted by atomic mass is 10.1. The zero-order valence-electron chi connectivity index (χ0n) is 15.1.